The lowest BCUT2D eigenvalue weighted by molar-refractivity contribution is 1.09. The summed E-state index contributed by atoms with van der Waals surface area (Å²) in [5.74, 6) is 0. The first-order valence-electron chi connectivity index (χ1n) is 6.97. The monoisotopic (exact) mass is 308 g/mol. The van der Waals surface area contributed by atoms with Crippen LogP contribution in [0, 0.1) is 11.3 Å². The zero-order valence-electron chi connectivity index (χ0n) is 12.8. The van der Waals surface area contributed by atoms with Crippen molar-refractivity contribution in [1.29, 1.82) is 5.26 Å². The summed E-state index contributed by atoms with van der Waals surface area (Å²) in [5.41, 5.74) is 6.18. The van der Waals surface area contributed by atoms with E-state index in [9.17, 15) is 0 Å². The summed E-state index contributed by atoms with van der Waals surface area (Å²) >= 11 is 6.42. The molecule has 1 heterocycles. The number of hydrogen-bond acceptors (Lipinski definition) is 2. The minimum atomic E-state index is 0.390. The van der Waals surface area contributed by atoms with Crippen molar-refractivity contribution in [3.63, 3.8) is 0 Å². The highest BCUT2D eigenvalue weighted by molar-refractivity contribution is 6.34. The molecule has 0 bridgehead atoms. The zero-order valence-corrected chi connectivity index (χ0v) is 13.5. The Morgan fingerprint density at radius 2 is 2.23 bits per heavy atom. The number of allylic oxidation sites excluding steroid dienone is 8. The predicted molar refractivity (Wildman–Crippen MR) is 92.5 cm³/mol. The molecule has 1 aliphatic carbocycles. The van der Waals surface area contributed by atoms with Crippen LogP contribution in [0.4, 0.5) is 0 Å². The van der Waals surface area contributed by atoms with Gasteiger partial charge in [-0.05, 0) is 30.6 Å². The number of nitrogens with zero attached hydrogens (tertiary/aromatic N) is 2. The molecule has 1 aromatic heterocycles. The topological polar surface area (TPSA) is 36.7 Å². The van der Waals surface area contributed by atoms with Crippen molar-refractivity contribution in [1.82, 2.24) is 4.98 Å². The summed E-state index contributed by atoms with van der Waals surface area (Å²) in [4.78, 5) is 4.41. The molecule has 1 aromatic rings. The minimum Gasteiger partial charge on any atom is -0.259 e. The van der Waals surface area contributed by atoms with Gasteiger partial charge in [0, 0.05) is 18.2 Å². The van der Waals surface area contributed by atoms with Gasteiger partial charge in [-0.15, -0.1) is 0 Å². The number of aromatic nitrogens is 1. The van der Waals surface area contributed by atoms with E-state index in [0.717, 1.165) is 33.5 Å². The molecule has 0 saturated carbocycles. The van der Waals surface area contributed by atoms with Gasteiger partial charge in [0.1, 0.15) is 6.07 Å². The van der Waals surface area contributed by atoms with Gasteiger partial charge in [0.15, 0.2) is 0 Å². The van der Waals surface area contributed by atoms with Crippen molar-refractivity contribution in [2.45, 2.75) is 20.3 Å². The smallest absolute Gasteiger partial charge is 0.102 e. The molecule has 0 saturated heterocycles. The van der Waals surface area contributed by atoms with E-state index < -0.39 is 0 Å². The van der Waals surface area contributed by atoms with Crippen LogP contribution in [0.15, 0.2) is 60.4 Å². The number of rotatable bonds is 4. The standard InChI is InChI=1S/C19H17ClN2/c1-5-7-13(8-6-2)15-9-16-18(17(15)12(3)4)19(20)14(10-21)11-22-16/h5-8,11H,1,3,9H2,2,4H3/b8-6-,13-7+. The van der Waals surface area contributed by atoms with Crippen LogP contribution in [-0.4, -0.2) is 4.98 Å². The molecule has 0 aromatic carbocycles. The van der Waals surface area contributed by atoms with E-state index in [-0.39, 0.29) is 0 Å². The van der Waals surface area contributed by atoms with E-state index in [1.165, 1.54) is 6.20 Å². The number of halogens is 1. The highest BCUT2D eigenvalue weighted by Crippen LogP contribution is 2.43. The summed E-state index contributed by atoms with van der Waals surface area (Å²) in [6, 6.07) is 2.09. The molecule has 110 valence electrons. The molecule has 0 radical (unpaired) electrons. The van der Waals surface area contributed by atoms with Crippen molar-refractivity contribution in [2.75, 3.05) is 0 Å². The molecule has 0 N–H and O–H groups in total. The Kier molecular flexibility index (Phi) is 4.80. The van der Waals surface area contributed by atoms with Crippen LogP contribution in [0.2, 0.25) is 5.02 Å². The summed E-state index contributed by atoms with van der Waals surface area (Å²) in [6.45, 7) is 11.8. The minimum absolute atomic E-state index is 0.390. The Morgan fingerprint density at radius 1 is 1.50 bits per heavy atom. The largest absolute Gasteiger partial charge is 0.259 e. The highest BCUT2D eigenvalue weighted by Gasteiger charge is 2.28. The van der Waals surface area contributed by atoms with Crippen LogP contribution in [0.3, 0.4) is 0 Å². The molecule has 22 heavy (non-hydrogen) atoms. The Labute approximate surface area is 136 Å². The van der Waals surface area contributed by atoms with Gasteiger partial charge in [0.05, 0.1) is 16.3 Å². The molecule has 0 atom stereocenters. The quantitative estimate of drug-likeness (QED) is 0.718. The third-order valence-corrected chi connectivity index (χ3v) is 3.92. The second-order valence-corrected chi connectivity index (χ2v) is 5.47. The number of hydrogen-bond donors (Lipinski definition) is 0. The molecule has 0 amide bonds. The number of pyridine rings is 1. The van der Waals surface area contributed by atoms with Crippen molar-refractivity contribution in [3.8, 4) is 6.07 Å². The third kappa shape index (κ3) is 2.68. The van der Waals surface area contributed by atoms with Gasteiger partial charge in [0.2, 0.25) is 0 Å². The van der Waals surface area contributed by atoms with E-state index in [0.29, 0.717) is 17.0 Å². The molecule has 0 fully saturated rings. The van der Waals surface area contributed by atoms with E-state index in [1.807, 2.05) is 32.1 Å². The Bertz CT molecular complexity index is 786. The van der Waals surface area contributed by atoms with Crippen molar-refractivity contribution in [2.24, 2.45) is 0 Å². The predicted octanol–water partition coefficient (Wildman–Crippen LogP) is 5.18. The maximum absolute atomic E-state index is 9.17. The van der Waals surface area contributed by atoms with Gasteiger partial charge in [-0.3, -0.25) is 4.98 Å². The fraction of sp³-hybridized carbons (Fsp3) is 0.158. The van der Waals surface area contributed by atoms with Gasteiger partial charge < -0.3 is 0 Å². The fourth-order valence-electron chi connectivity index (χ4n) is 2.68. The summed E-state index contributed by atoms with van der Waals surface area (Å²) in [7, 11) is 0. The number of fused-ring (bicyclic) bond motifs is 1. The van der Waals surface area contributed by atoms with Crippen LogP contribution in [0.25, 0.3) is 5.57 Å². The zero-order chi connectivity index (χ0) is 16.3. The van der Waals surface area contributed by atoms with Crippen LogP contribution >= 0.6 is 11.6 Å². The first-order valence-corrected chi connectivity index (χ1v) is 7.35. The van der Waals surface area contributed by atoms with E-state index in [2.05, 4.69) is 24.2 Å². The maximum atomic E-state index is 9.17. The van der Waals surface area contributed by atoms with E-state index in [4.69, 9.17) is 16.9 Å². The first kappa shape index (κ1) is 16.0. The molecule has 3 heteroatoms. The van der Waals surface area contributed by atoms with Gasteiger partial charge in [-0.1, -0.05) is 54.6 Å². The average Bonchev–Trinajstić information content (AvgIpc) is 2.88. The lowest BCUT2D eigenvalue weighted by atomic mass is 9.95. The second-order valence-electron chi connectivity index (χ2n) is 5.09. The summed E-state index contributed by atoms with van der Waals surface area (Å²) < 4.78 is 0. The van der Waals surface area contributed by atoms with E-state index >= 15 is 0 Å². The van der Waals surface area contributed by atoms with Crippen LogP contribution in [-0.2, 0) is 6.42 Å². The van der Waals surface area contributed by atoms with Gasteiger partial charge >= 0.3 is 0 Å². The van der Waals surface area contributed by atoms with Gasteiger partial charge in [0.25, 0.3) is 0 Å². The molecule has 0 unspecified atom stereocenters. The van der Waals surface area contributed by atoms with Crippen LogP contribution in [0.1, 0.15) is 30.7 Å². The Hall–Kier alpha value is -2.37. The average molecular weight is 309 g/mol. The van der Waals surface area contributed by atoms with Crippen molar-refractivity contribution in [3.05, 3.63) is 82.2 Å². The van der Waals surface area contributed by atoms with Crippen molar-refractivity contribution >= 4 is 17.2 Å². The molecule has 0 aliphatic heterocycles. The van der Waals surface area contributed by atoms with Crippen LogP contribution in [0.5, 0.6) is 0 Å². The molecule has 0 spiro atoms. The third-order valence-electron chi connectivity index (χ3n) is 3.53. The summed E-state index contributed by atoms with van der Waals surface area (Å²) in [5, 5.41) is 9.63. The lowest BCUT2D eigenvalue weighted by Gasteiger charge is -2.10. The van der Waals surface area contributed by atoms with Gasteiger partial charge in [-0.2, -0.15) is 5.26 Å². The second kappa shape index (κ2) is 6.60. The molecule has 1 aliphatic rings. The fourth-order valence-corrected chi connectivity index (χ4v) is 2.97. The molecule has 2 nitrogen and oxygen atoms in total. The molecular weight excluding hydrogens is 292 g/mol. The molecule has 2 rings (SSSR count). The Morgan fingerprint density at radius 3 is 2.77 bits per heavy atom. The van der Waals surface area contributed by atoms with Crippen molar-refractivity contribution < 1.29 is 0 Å². The Balaban J connectivity index is 2.76. The highest BCUT2D eigenvalue weighted by atomic mass is 35.5. The van der Waals surface area contributed by atoms with Crippen LogP contribution < -0.4 is 0 Å². The van der Waals surface area contributed by atoms with Gasteiger partial charge in [-0.25, -0.2) is 0 Å². The first-order chi connectivity index (χ1) is 10.5. The maximum Gasteiger partial charge on any atom is 0.102 e. The van der Waals surface area contributed by atoms with E-state index in [1.54, 1.807) is 6.08 Å². The lowest BCUT2D eigenvalue weighted by Crippen LogP contribution is -1.94. The number of nitriles is 1. The molecular formula is C19H17ClN2. The SMILES string of the molecule is C=C/C=C(\C=C/C)C1=C(C(=C)C)c2c(ncc(C#N)c2Cl)C1. The normalized spacial score (nSPS) is 14.2. The summed E-state index contributed by atoms with van der Waals surface area (Å²) in [6.07, 6.45) is 9.95.